The summed E-state index contributed by atoms with van der Waals surface area (Å²) in [5.41, 5.74) is 8.00. The molecule has 46 heavy (non-hydrogen) atoms. The number of anilines is 1. The molecule has 1 aliphatic rings. The lowest BCUT2D eigenvalue weighted by molar-refractivity contribution is -0.113. The number of aromatic nitrogens is 4. The van der Waals surface area contributed by atoms with Crippen LogP contribution in [0, 0.1) is 0 Å². The third kappa shape index (κ3) is 5.50. The number of thioether (sulfide) groups is 2. The summed E-state index contributed by atoms with van der Waals surface area (Å²) >= 11 is 4.43. The number of para-hydroxylation sites is 4. The highest BCUT2D eigenvalue weighted by Crippen LogP contribution is 2.35. The van der Waals surface area contributed by atoms with Crippen LogP contribution in [0.5, 0.6) is 0 Å². The fourth-order valence-electron chi connectivity index (χ4n) is 6.27. The SMILES string of the molecule is O=C(CSc1nc2ccccc2n1-c1ccccc1)Nc1ccc2nc(SCC(=O)n3c4c(c5ccccc53)CCCC4)sc2c1. The minimum absolute atomic E-state index is 0.0925. The number of thiazole rings is 1. The van der Waals surface area contributed by atoms with Crippen molar-refractivity contribution in [2.45, 2.75) is 35.2 Å². The van der Waals surface area contributed by atoms with Gasteiger partial charge in [0.1, 0.15) is 0 Å². The molecule has 0 aliphatic heterocycles. The molecule has 0 unspecified atom stereocenters. The van der Waals surface area contributed by atoms with Gasteiger partial charge in [0.05, 0.1) is 38.3 Å². The van der Waals surface area contributed by atoms with Crippen LogP contribution in [0.25, 0.3) is 37.8 Å². The van der Waals surface area contributed by atoms with Gasteiger partial charge in [-0.15, -0.1) is 11.3 Å². The molecule has 1 aliphatic carbocycles. The van der Waals surface area contributed by atoms with E-state index in [9.17, 15) is 9.59 Å². The number of hydrogen-bond donors (Lipinski definition) is 1. The zero-order valence-corrected chi connectivity index (χ0v) is 27.3. The Balaban J connectivity index is 0.944. The molecule has 0 bridgehead atoms. The Kier molecular flexibility index (Phi) is 7.85. The molecule has 1 amide bonds. The summed E-state index contributed by atoms with van der Waals surface area (Å²) < 4.78 is 5.85. The molecule has 3 aromatic heterocycles. The first kappa shape index (κ1) is 29.1. The summed E-state index contributed by atoms with van der Waals surface area (Å²) in [5, 5.41) is 5.01. The van der Waals surface area contributed by atoms with Crippen molar-refractivity contribution < 1.29 is 9.59 Å². The summed E-state index contributed by atoms with van der Waals surface area (Å²) in [6, 6.07) is 32.1. The first-order valence-electron chi connectivity index (χ1n) is 15.3. The maximum atomic E-state index is 13.5. The van der Waals surface area contributed by atoms with Crippen molar-refractivity contribution in [1.82, 2.24) is 19.1 Å². The van der Waals surface area contributed by atoms with Crippen molar-refractivity contribution in [1.29, 1.82) is 0 Å². The largest absolute Gasteiger partial charge is 0.325 e. The Labute approximate surface area is 278 Å². The fraction of sp³-hybridized carbons (Fsp3) is 0.167. The van der Waals surface area contributed by atoms with Crippen LogP contribution in [0.3, 0.4) is 0 Å². The molecular weight excluding hydrogens is 631 g/mol. The summed E-state index contributed by atoms with van der Waals surface area (Å²) in [7, 11) is 0. The normalized spacial score (nSPS) is 13.0. The Hall–Kier alpha value is -4.38. The van der Waals surface area contributed by atoms with Crippen LogP contribution in [-0.2, 0) is 17.6 Å². The molecule has 8 rings (SSSR count). The number of fused-ring (bicyclic) bond motifs is 5. The minimum Gasteiger partial charge on any atom is -0.325 e. The van der Waals surface area contributed by atoms with Crippen LogP contribution < -0.4 is 5.32 Å². The first-order chi connectivity index (χ1) is 22.6. The van der Waals surface area contributed by atoms with E-state index in [0.717, 1.165) is 66.9 Å². The highest BCUT2D eigenvalue weighted by Gasteiger charge is 2.23. The van der Waals surface area contributed by atoms with Crippen molar-refractivity contribution in [3.8, 4) is 5.69 Å². The molecule has 1 N–H and O–H groups in total. The van der Waals surface area contributed by atoms with Gasteiger partial charge in [-0.3, -0.25) is 18.7 Å². The van der Waals surface area contributed by atoms with E-state index in [2.05, 4.69) is 28.1 Å². The number of nitrogens with one attached hydrogen (secondary N) is 1. The van der Waals surface area contributed by atoms with Crippen LogP contribution in [-0.4, -0.2) is 42.4 Å². The smallest absolute Gasteiger partial charge is 0.241 e. The molecule has 7 aromatic rings. The standard InChI is InChI=1S/C36H29N5O2S3/c42-33(21-44-35-38-27-14-6-9-17-31(27)40(35)24-10-2-1-3-11-24)37-23-18-19-28-32(20-23)46-36(39-28)45-22-34(43)41-29-15-7-4-12-25(29)26-13-5-8-16-30(26)41/h1-4,6-7,9-12,14-15,17-20H,5,8,13,16,21-22H2,(H,37,42). The number of benzene rings is 4. The number of aryl methyl sites for hydroxylation is 1. The third-order valence-corrected chi connectivity index (χ3v) is 11.4. The summed E-state index contributed by atoms with van der Waals surface area (Å²) in [6.45, 7) is 0. The van der Waals surface area contributed by atoms with E-state index in [1.165, 1.54) is 46.6 Å². The van der Waals surface area contributed by atoms with Crippen molar-refractivity contribution in [2.75, 3.05) is 16.8 Å². The topological polar surface area (TPSA) is 81.8 Å². The van der Waals surface area contributed by atoms with Crippen molar-refractivity contribution in [3.05, 3.63) is 108 Å². The van der Waals surface area contributed by atoms with E-state index in [-0.39, 0.29) is 17.6 Å². The van der Waals surface area contributed by atoms with Gasteiger partial charge in [-0.05, 0) is 79.8 Å². The zero-order valence-electron chi connectivity index (χ0n) is 24.8. The van der Waals surface area contributed by atoms with Gasteiger partial charge in [0.2, 0.25) is 11.8 Å². The maximum Gasteiger partial charge on any atom is 0.241 e. The molecule has 4 aromatic carbocycles. The van der Waals surface area contributed by atoms with Gasteiger partial charge in [-0.2, -0.15) is 0 Å². The lowest BCUT2D eigenvalue weighted by Gasteiger charge is -2.14. The number of hydrogen-bond acceptors (Lipinski definition) is 7. The van der Waals surface area contributed by atoms with Crippen LogP contribution >= 0.6 is 34.9 Å². The third-order valence-electron chi connectivity index (χ3n) is 8.28. The van der Waals surface area contributed by atoms with E-state index in [1.54, 1.807) is 11.3 Å². The number of carbonyl (C=O) groups excluding carboxylic acids is 2. The van der Waals surface area contributed by atoms with Gasteiger partial charge in [0, 0.05) is 22.5 Å². The predicted octanol–water partition coefficient (Wildman–Crippen LogP) is 8.63. The van der Waals surface area contributed by atoms with Gasteiger partial charge in [0.25, 0.3) is 0 Å². The highest BCUT2D eigenvalue weighted by molar-refractivity contribution is 8.01. The molecule has 0 spiro atoms. The Morgan fingerprint density at radius 2 is 1.57 bits per heavy atom. The number of rotatable bonds is 8. The summed E-state index contributed by atoms with van der Waals surface area (Å²) in [5.74, 6) is 0.523. The summed E-state index contributed by atoms with van der Waals surface area (Å²) in [6.07, 6.45) is 4.28. The van der Waals surface area contributed by atoms with E-state index in [4.69, 9.17) is 9.97 Å². The second-order valence-corrected chi connectivity index (χ2v) is 14.4. The van der Waals surface area contributed by atoms with Crippen molar-refractivity contribution in [3.63, 3.8) is 0 Å². The number of nitrogens with zero attached hydrogens (tertiary/aromatic N) is 4. The summed E-state index contributed by atoms with van der Waals surface area (Å²) in [4.78, 5) is 36.2. The number of imidazole rings is 1. The number of carbonyl (C=O) groups is 2. The lowest BCUT2D eigenvalue weighted by Crippen LogP contribution is -2.18. The molecule has 0 saturated carbocycles. The lowest BCUT2D eigenvalue weighted by atomic mass is 9.96. The van der Waals surface area contributed by atoms with Gasteiger partial charge >= 0.3 is 0 Å². The molecule has 0 saturated heterocycles. The van der Waals surface area contributed by atoms with Crippen LogP contribution in [0.2, 0.25) is 0 Å². The van der Waals surface area contributed by atoms with Gasteiger partial charge in [-0.1, -0.05) is 72.1 Å². The Morgan fingerprint density at radius 3 is 2.46 bits per heavy atom. The van der Waals surface area contributed by atoms with E-state index in [1.807, 2.05) is 83.4 Å². The first-order valence-corrected chi connectivity index (χ1v) is 18.0. The molecular formula is C36H29N5O2S3. The highest BCUT2D eigenvalue weighted by atomic mass is 32.2. The Bertz CT molecular complexity index is 2250. The fourth-order valence-corrected chi connectivity index (χ4v) is 9.05. The van der Waals surface area contributed by atoms with Crippen LogP contribution in [0.15, 0.2) is 107 Å². The molecule has 228 valence electrons. The molecule has 0 radical (unpaired) electrons. The quantitative estimate of drug-likeness (QED) is 0.165. The average molecular weight is 660 g/mol. The maximum absolute atomic E-state index is 13.5. The van der Waals surface area contributed by atoms with Crippen LogP contribution in [0.4, 0.5) is 5.69 Å². The predicted molar refractivity (Wildman–Crippen MR) is 190 cm³/mol. The van der Waals surface area contributed by atoms with Crippen molar-refractivity contribution >= 4 is 84.5 Å². The van der Waals surface area contributed by atoms with E-state index < -0.39 is 0 Å². The molecule has 0 atom stereocenters. The second kappa shape index (κ2) is 12.4. The van der Waals surface area contributed by atoms with Gasteiger partial charge in [-0.25, -0.2) is 9.97 Å². The minimum atomic E-state index is -0.108. The number of amides is 1. The molecule has 10 heteroatoms. The van der Waals surface area contributed by atoms with Crippen LogP contribution in [0.1, 0.15) is 28.9 Å². The zero-order chi connectivity index (χ0) is 31.0. The molecule has 7 nitrogen and oxygen atoms in total. The molecule has 0 fully saturated rings. The van der Waals surface area contributed by atoms with Gasteiger partial charge in [0.15, 0.2) is 9.50 Å². The van der Waals surface area contributed by atoms with E-state index in [0.29, 0.717) is 5.75 Å². The van der Waals surface area contributed by atoms with Gasteiger partial charge < -0.3 is 5.32 Å². The second-order valence-electron chi connectivity index (χ2n) is 11.2. The van der Waals surface area contributed by atoms with E-state index >= 15 is 0 Å². The van der Waals surface area contributed by atoms with Crippen molar-refractivity contribution in [2.24, 2.45) is 0 Å². The Morgan fingerprint density at radius 1 is 0.783 bits per heavy atom. The molecule has 3 heterocycles. The average Bonchev–Trinajstić information content (AvgIpc) is 3.78. The monoisotopic (exact) mass is 659 g/mol.